The van der Waals surface area contributed by atoms with Crippen molar-refractivity contribution in [1.82, 2.24) is 14.7 Å². The van der Waals surface area contributed by atoms with E-state index in [0.29, 0.717) is 38.0 Å². The number of hydrogen-bond donors (Lipinski definition) is 2. The number of likely N-dealkylation sites (tertiary alicyclic amines) is 3. The van der Waals surface area contributed by atoms with E-state index in [0.717, 1.165) is 12.0 Å². The molecule has 3 saturated heterocycles. The molecule has 0 aromatic heterocycles. The number of carbonyl (C=O) groups excluding carboxylic acids is 3. The van der Waals surface area contributed by atoms with Gasteiger partial charge in [0.15, 0.2) is 0 Å². The molecule has 5 atom stereocenters. The first-order valence-electron chi connectivity index (χ1n) is 10.7. The van der Waals surface area contributed by atoms with Crippen molar-refractivity contribution < 1.29 is 14.4 Å². The molecule has 3 aliphatic rings. The molecule has 2 bridgehead atoms. The largest absolute Gasteiger partial charge is 0.366 e. The highest BCUT2D eigenvalue weighted by molar-refractivity contribution is 5.92. The van der Waals surface area contributed by atoms with Crippen molar-refractivity contribution in [3.05, 3.63) is 35.4 Å². The summed E-state index contributed by atoms with van der Waals surface area (Å²) in [7, 11) is 0. The van der Waals surface area contributed by atoms with Gasteiger partial charge in [0.25, 0.3) is 0 Å². The first kappa shape index (κ1) is 21.3. The Balaban J connectivity index is 1.39. The number of amides is 3. The van der Waals surface area contributed by atoms with Gasteiger partial charge in [0, 0.05) is 31.2 Å². The van der Waals surface area contributed by atoms with Gasteiger partial charge in [0.05, 0.1) is 24.2 Å². The highest BCUT2D eigenvalue weighted by Gasteiger charge is 2.51. The van der Waals surface area contributed by atoms with E-state index in [2.05, 4.69) is 6.07 Å². The summed E-state index contributed by atoms with van der Waals surface area (Å²) >= 11 is 0. The van der Waals surface area contributed by atoms with E-state index in [1.165, 1.54) is 0 Å². The number of nitriles is 1. The van der Waals surface area contributed by atoms with Crippen molar-refractivity contribution in [2.24, 2.45) is 11.5 Å². The van der Waals surface area contributed by atoms with Gasteiger partial charge in [-0.25, -0.2) is 0 Å². The van der Waals surface area contributed by atoms with Gasteiger partial charge in [-0.05, 0) is 43.9 Å². The summed E-state index contributed by atoms with van der Waals surface area (Å²) in [4.78, 5) is 42.6. The van der Waals surface area contributed by atoms with E-state index in [9.17, 15) is 19.6 Å². The number of primary amides is 1. The van der Waals surface area contributed by atoms with Crippen LogP contribution in [0.1, 0.15) is 48.1 Å². The van der Waals surface area contributed by atoms with Crippen molar-refractivity contribution in [1.29, 1.82) is 5.26 Å². The maximum Gasteiger partial charge on any atom is 0.248 e. The van der Waals surface area contributed by atoms with Crippen LogP contribution in [0, 0.1) is 11.3 Å². The summed E-state index contributed by atoms with van der Waals surface area (Å²) in [6, 6.07) is 7.71. The third kappa shape index (κ3) is 3.77. The number of nitrogens with zero attached hydrogens (tertiary/aromatic N) is 4. The molecular weight excluding hydrogens is 396 g/mol. The van der Waals surface area contributed by atoms with Gasteiger partial charge in [-0.2, -0.15) is 5.26 Å². The molecule has 1 aromatic rings. The zero-order valence-electron chi connectivity index (χ0n) is 17.6. The smallest absolute Gasteiger partial charge is 0.248 e. The number of nitrogens with two attached hydrogens (primary N) is 2. The predicted octanol–water partition coefficient (Wildman–Crippen LogP) is -0.0265. The average Bonchev–Trinajstić information content (AvgIpc) is 3.47. The Bertz CT molecular complexity index is 926. The molecule has 1 aromatic carbocycles. The number of fused-ring (bicyclic) bond motifs is 2. The molecule has 4 rings (SSSR count). The molecule has 3 amide bonds. The Morgan fingerprint density at radius 2 is 2.00 bits per heavy atom. The Labute approximate surface area is 181 Å². The third-order valence-corrected chi connectivity index (χ3v) is 6.84. The first-order chi connectivity index (χ1) is 14.8. The quantitative estimate of drug-likeness (QED) is 0.658. The van der Waals surface area contributed by atoms with Crippen LogP contribution in [0.4, 0.5) is 0 Å². The summed E-state index contributed by atoms with van der Waals surface area (Å²) in [5.41, 5.74) is 12.9. The van der Waals surface area contributed by atoms with Crippen LogP contribution in [0.2, 0.25) is 0 Å². The lowest BCUT2D eigenvalue weighted by atomic mass is 10.0. The minimum atomic E-state index is -0.742. The number of benzene rings is 1. The molecule has 31 heavy (non-hydrogen) atoms. The standard InChI is InChI=1S/C22H28N6O3/c1-13(14-4-6-15(7-5-14)20(25)29)28-17-9-19(22(28)31)26(11-17)12-18(24)21(30)27-8-2-3-16(27)10-23/h4-7,13,16-19H,2-3,8-9,11-12,24H2,1H3,(H2,25,29)/t13-,16+,17+,18+,19+/m1/s1. The topological polar surface area (TPSA) is 137 Å². The van der Waals surface area contributed by atoms with Crippen LogP contribution in [-0.2, 0) is 9.59 Å². The molecule has 3 fully saturated rings. The minimum absolute atomic E-state index is 0.0402. The van der Waals surface area contributed by atoms with Crippen molar-refractivity contribution >= 4 is 17.7 Å². The van der Waals surface area contributed by atoms with Crippen molar-refractivity contribution in [3.63, 3.8) is 0 Å². The Morgan fingerprint density at radius 3 is 2.61 bits per heavy atom. The molecule has 9 nitrogen and oxygen atoms in total. The second kappa shape index (κ2) is 8.29. The second-order valence-corrected chi connectivity index (χ2v) is 8.69. The Kier molecular flexibility index (Phi) is 5.69. The minimum Gasteiger partial charge on any atom is -0.366 e. The van der Waals surface area contributed by atoms with Gasteiger partial charge in [-0.15, -0.1) is 0 Å². The monoisotopic (exact) mass is 424 g/mol. The summed E-state index contributed by atoms with van der Waals surface area (Å²) in [5.74, 6) is -0.649. The zero-order chi connectivity index (χ0) is 22.3. The van der Waals surface area contributed by atoms with Crippen LogP contribution in [0.15, 0.2) is 24.3 Å². The van der Waals surface area contributed by atoms with Gasteiger partial charge in [-0.1, -0.05) is 12.1 Å². The molecule has 0 aliphatic carbocycles. The molecule has 0 spiro atoms. The molecule has 0 saturated carbocycles. The number of hydrogen-bond acceptors (Lipinski definition) is 6. The normalized spacial score (nSPS) is 27.4. The van der Waals surface area contributed by atoms with Crippen LogP contribution in [0.3, 0.4) is 0 Å². The van der Waals surface area contributed by atoms with Gasteiger partial charge >= 0.3 is 0 Å². The van der Waals surface area contributed by atoms with Gasteiger partial charge in [0.2, 0.25) is 17.7 Å². The molecule has 0 radical (unpaired) electrons. The highest BCUT2D eigenvalue weighted by Crippen LogP contribution is 2.38. The maximum absolute atomic E-state index is 13.1. The van der Waals surface area contributed by atoms with Crippen LogP contribution in [-0.4, -0.2) is 76.2 Å². The van der Waals surface area contributed by atoms with E-state index in [4.69, 9.17) is 11.5 Å². The SMILES string of the molecule is C[C@H](c1ccc(C(N)=O)cc1)N1C(=O)[C@@H]2C[C@H]1CN2C[C@H](N)C(=O)N1CCC[C@H]1C#N. The Hall–Kier alpha value is -2.96. The molecule has 0 unspecified atom stereocenters. The number of rotatable bonds is 6. The van der Waals surface area contributed by atoms with E-state index in [-0.39, 0.29) is 29.9 Å². The summed E-state index contributed by atoms with van der Waals surface area (Å²) in [5, 5.41) is 9.22. The van der Waals surface area contributed by atoms with Crippen LogP contribution >= 0.6 is 0 Å². The zero-order valence-corrected chi connectivity index (χ0v) is 17.6. The van der Waals surface area contributed by atoms with Crippen molar-refractivity contribution in [3.8, 4) is 6.07 Å². The maximum atomic E-state index is 13.1. The van der Waals surface area contributed by atoms with Crippen LogP contribution < -0.4 is 11.5 Å². The van der Waals surface area contributed by atoms with Crippen molar-refractivity contribution in [2.75, 3.05) is 19.6 Å². The predicted molar refractivity (Wildman–Crippen MR) is 112 cm³/mol. The van der Waals surface area contributed by atoms with E-state index < -0.39 is 18.0 Å². The van der Waals surface area contributed by atoms with E-state index in [1.807, 2.05) is 28.9 Å². The Morgan fingerprint density at radius 1 is 1.29 bits per heavy atom. The molecule has 3 heterocycles. The molecule has 9 heteroatoms. The highest BCUT2D eigenvalue weighted by atomic mass is 16.2. The molecule has 164 valence electrons. The van der Waals surface area contributed by atoms with Gasteiger partial charge in [-0.3, -0.25) is 19.3 Å². The van der Waals surface area contributed by atoms with Crippen LogP contribution in [0.5, 0.6) is 0 Å². The van der Waals surface area contributed by atoms with Gasteiger partial charge in [0.1, 0.15) is 6.04 Å². The third-order valence-electron chi connectivity index (χ3n) is 6.84. The second-order valence-electron chi connectivity index (χ2n) is 8.69. The fourth-order valence-electron chi connectivity index (χ4n) is 5.19. The molecule has 4 N–H and O–H groups in total. The molecular formula is C22H28N6O3. The number of carbonyl (C=O) groups is 3. The van der Waals surface area contributed by atoms with E-state index >= 15 is 0 Å². The lowest BCUT2D eigenvalue weighted by Crippen LogP contribution is -2.56. The first-order valence-corrected chi connectivity index (χ1v) is 10.7. The van der Waals surface area contributed by atoms with Crippen molar-refractivity contribution in [2.45, 2.75) is 56.4 Å². The lowest BCUT2D eigenvalue weighted by molar-refractivity contribution is -0.140. The molecule has 3 aliphatic heterocycles. The number of piperazine rings is 1. The van der Waals surface area contributed by atoms with E-state index in [1.54, 1.807) is 17.0 Å². The van der Waals surface area contributed by atoms with Crippen LogP contribution in [0.25, 0.3) is 0 Å². The summed E-state index contributed by atoms with van der Waals surface area (Å²) in [6.07, 6.45) is 2.22. The summed E-state index contributed by atoms with van der Waals surface area (Å²) in [6.45, 7) is 3.53. The average molecular weight is 425 g/mol. The van der Waals surface area contributed by atoms with Gasteiger partial charge < -0.3 is 21.3 Å². The lowest BCUT2D eigenvalue weighted by Gasteiger charge is -2.38. The summed E-state index contributed by atoms with van der Waals surface area (Å²) < 4.78 is 0. The fourth-order valence-corrected chi connectivity index (χ4v) is 5.19. The fraction of sp³-hybridized carbons (Fsp3) is 0.545.